The van der Waals surface area contributed by atoms with E-state index in [2.05, 4.69) is 130 Å². The van der Waals surface area contributed by atoms with Gasteiger partial charge in [0.1, 0.15) is 18.8 Å². The largest absolute Gasteiger partial charge is 0.479 e. The number of carbonyl (C=O) groups excluding carboxylic acids is 3. The summed E-state index contributed by atoms with van der Waals surface area (Å²) in [6.07, 6.45) is 68.9. The molecule has 12 nitrogen and oxygen atoms in total. The Morgan fingerprint density at radius 1 is 0.400 bits per heavy atom. The summed E-state index contributed by atoms with van der Waals surface area (Å²) in [6.45, 7) is 5.83. The summed E-state index contributed by atoms with van der Waals surface area (Å²) in [5.74, 6) is -3.17. The van der Waals surface area contributed by atoms with Crippen molar-refractivity contribution < 1.29 is 58.2 Å². The third-order valence-corrected chi connectivity index (χ3v) is 14.8. The molecule has 1 aliphatic heterocycles. The van der Waals surface area contributed by atoms with Crippen LogP contribution in [0.2, 0.25) is 0 Å². The lowest BCUT2D eigenvalue weighted by molar-refractivity contribution is -0.301. The van der Waals surface area contributed by atoms with Gasteiger partial charge >= 0.3 is 23.9 Å². The van der Waals surface area contributed by atoms with E-state index in [0.29, 0.717) is 19.3 Å². The average molecular weight is 1190 g/mol. The van der Waals surface area contributed by atoms with Gasteiger partial charge in [0.15, 0.2) is 24.6 Å². The summed E-state index contributed by atoms with van der Waals surface area (Å²) in [7, 11) is 0. The van der Waals surface area contributed by atoms with E-state index in [1.165, 1.54) is 51.4 Å². The molecule has 1 rings (SSSR count). The monoisotopic (exact) mass is 1190 g/mol. The summed E-state index contributed by atoms with van der Waals surface area (Å²) >= 11 is 0. The van der Waals surface area contributed by atoms with Gasteiger partial charge in [-0.15, -0.1) is 0 Å². The first kappa shape index (κ1) is 78.4. The Kier molecular flexibility index (Phi) is 55.1. The van der Waals surface area contributed by atoms with Crippen LogP contribution in [0, 0.1) is 0 Å². The molecule has 1 fully saturated rings. The molecule has 6 atom stereocenters. The van der Waals surface area contributed by atoms with Crippen LogP contribution in [0.25, 0.3) is 0 Å². The molecule has 0 radical (unpaired) electrons. The molecule has 1 saturated heterocycles. The first-order chi connectivity index (χ1) is 41.6. The molecule has 0 saturated carbocycles. The van der Waals surface area contributed by atoms with Crippen molar-refractivity contribution in [3.05, 3.63) is 109 Å². The second kappa shape index (κ2) is 59.7. The molecule has 0 amide bonds. The fourth-order valence-corrected chi connectivity index (χ4v) is 9.63. The average Bonchev–Trinajstić information content (AvgIpc) is 2.83. The minimum Gasteiger partial charge on any atom is -0.479 e. The van der Waals surface area contributed by atoms with Gasteiger partial charge in [0.2, 0.25) is 0 Å². The number of aliphatic hydroxyl groups is 2. The number of carbonyl (C=O) groups is 4. The maximum absolute atomic E-state index is 13.2. The van der Waals surface area contributed by atoms with E-state index >= 15 is 0 Å². The van der Waals surface area contributed by atoms with Crippen LogP contribution in [0.4, 0.5) is 0 Å². The first-order valence-corrected chi connectivity index (χ1v) is 33.9. The Labute approximate surface area is 516 Å². The van der Waals surface area contributed by atoms with Gasteiger partial charge in [0.05, 0.1) is 6.61 Å². The smallest absolute Gasteiger partial charge is 0.335 e. The van der Waals surface area contributed by atoms with E-state index < -0.39 is 67.3 Å². The van der Waals surface area contributed by atoms with Gasteiger partial charge in [-0.3, -0.25) is 14.4 Å². The summed E-state index contributed by atoms with van der Waals surface area (Å²) in [5.41, 5.74) is 0. The predicted octanol–water partition coefficient (Wildman–Crippen LogP) is 18.6. The van der Waals surface area contributed by atoms with Gasteiger partial charge in [-0.25, -0.2) is 4.79 Å². The van der Waals surface area contributed by atoms with Crippen molar-refractivity contribution in [2.24, 2.45) is 0 Å². The minimum atomic E-state index is -1.92. The molecule has 0 aromatic heterocycles. The fraction of sp³-hybridized carbons (Fsp3) is 0.699. The van der Waals surface area contributed by atoms with E-state index in [-0.39, 0.29) is 25.9 Å². The Morgan fingerprint density at radius 2 is 0.741 bits per heavy atom. The number of aliphatic hydroxyl groups excluding tert-OH is 2. The van der Waals surface area contributed by atoms with Crippen LogP contribution in [0.15, 0.2) is 109 Å². The topological polar surface area (TPSA) is 175 Å². The lowest BCUT2D eigenvalue weighted by atomic mass is 9.98. The number of hydrogen-bond acceptors (Lipinski definition) is 11. The molecule has 0 aliphatic carbocycles. The van der Waals surface area contributed by atoms with Gasteiger partial charge in [-0.05, 0) is 128 Å². The molecule has 12 heteroatoms. The Balaban J connectivity index is 2.68. The van der Waals surface area contributed by atoms with Crippen LogP contribution in [0.3, 0.4) is 0 Å². The first-order valence-electron chi connectivity index (χ1n) is 33.9. The van der Waals surface area contributed by atoms with E-state index in [4.69, 9.17) is 23.7 Å². The van der Waals surface area contributed by atoms with Crippen LogP contribution in [0.5, 0.6) is 0 Å². The number of hydrogen-bond donors (Lipinski definition) is 3. The third kappa shape index (κ3) is 49.1. The molecule has 484 valence electrons. The number of carboxylic acid groups (broad SMARTS) is 1. The highest BCUT2D eigenvalue weighted by atomic mass is 16.7. The molecule has 1 aliphatic rings. The van der Waals surface area contributed by atoms with Crippen LogP contribution >= 0.6 is 0 Å². The van der Waals surface area contributed by atoms with Crippen LogP contribution in [-0.2, 0) is 42.9 Å². The van der Waals surface area contributed by atoms with E-state index in [0.717, 1.165) is 167 Å². The molecule has 0 aromatic carbocycles. The van der Waals surface area contributed by atoms with Crippen molar-refractivity contribution in [2.75, 3.05) is 13.2 Å². The summed E-state index contributed by atoms with van der Waals surface area (Å²) < 4.78 is 28.6. The van der Waals surface area contributed by atoms with Crippen molar-refractivity contribution in [1.29, 1.82) is 0 Å². The van der Waals surface area contributed by atoms with Crippen molar-refractivity contribution in [3.8, 4) is 0 Å². The zero-order valence-electron chi connectivity index (χ0n) is 53.6. The van der Waals surface area contributed by atoms with Gasteiger partial charge in [0, 0.05) is 19.3 Å². The Bertz CT molecular complexity index is 1890. The molecular weight excluding hydrogens is 1070 g/mol. The molecule has 0 spiro atoms. The van der Waals surface area contributed by atoms with Gasteiger partial charge < -0.3 is 39.0 Å². The van der Waals surface area contributed by atoms with Crippen molar-refractivity contribution in [2.45, 2.75) is 314 Å². The summed E-state index contributed by atoms with van der Waals surface area (Å²) in [5, 5.41) is 31.6. The van der Waals surface area contributed by atoms with E-state index in [1.54, 1.807) is 0 Å². The molecule has 0 aromatic rings. The highest BCUT2D eigenvalue weighted by molar-refractivity contribution is 5.74. The van der Waals surface area contributed by atoms with Crippen molar-refractivity contribution >= 4 is 23.9 Å². The Hall–Kier alpha value is -4.62. The molecular formula is C73H120O12. The zero-order chi connectivity index (χ0) is 61.7. The second-order valence-electron chi connectivity index (χ2n) is 22.7. The second-order valence-corrected chi connectivity index (χ2v) is 22.7. The van der Waals surface area contributed by atoms with Gasteiger partial charge in [0.25, 0.3) is 0 Å². The number of allylic oxidation sites excluding steroid dienone is 18. The molecule has 0 bridgehead atoms. The number of esters is 3. The lowest BCUT2D eigenvalue weighted by Gasteiger charge is -2.40. The standard InChI is InChI=1S/C73H120O12/c1-4-7-10-13-16-19-22-25-28-31-33-36-38-41-44-47-50-53-56-59-65(74)81-62-64(83-66(75)60-57-54-51-48-45-42-40-37-34-32-29-26-23-20-17-14-11-8-5-2)63-82-73-71(69(78)68(77)70(85-73)72(79)80)84-67(76)61-58-55-52-49-46-43-39-35-30-27-24-21-18-15-12-9-6-3/h9,12,16-21,25-30,33-34,36-37,64,68-71,73,77-78H,4-8,10-11,13-15,22-24,31-32,35,38-63H2,1-3H3,(H,79,80)/b12-9-,19-16-,20-17-,21-18-,28-25-,29-26-,30-27-,36-33-,37-34-. The minimum absolute atomic E-state index is 0.0415. The van der Waals surface area contributed by atoms with Gasteiger partial charge in [-0.1, -0.05) is 239 Å². The maximum Gasteiger partial charge on any atom is 0.335 e. The van der Waals surface area contributed by atoms with Crippen molar-refractivity contribution in [3.63, 3.8) is 0 Å². The number of aliphatic carboxylic acids is 1. The number of ether oxygens (including phenoxy) is 5. The molecule has 6 unspecified atom stereocenters. The quantitative estimate of drug-likeness (QED) is 0.0228. The fourth-order valence-electron chi connectivity index (χ4n) is 9.63. The van der Waals surface area contributed by atoms with E-state index in [9.17, 15) is 34.5 Å². The number of unbranched alkanes of at least 4 members (excludes halogenated alkanes) is 25. The molecule has 3 N–H and O–H groups in total. The molecule has 1 heterocycles. The van der Waals surface area contributed by atoms with Crippen LogP contribution in [0.1, 0.15) is 278 Å². The summed E-state index contributed by atoms with van der Waals surface area (Å²) in [6, 6.07) is 0. The summed E-state index contributed by atoms with van der Waals surface area (Å²) in [4.78, 5) is 51.4. The number of carboxylic acids is 1. The predicted molar refractivity (Wildman–Crippen MR) is 349 cm³/mol. The lowest BCUT2D eigenvalue weighted by Crippen LogP contribution is -2.61. The Morgan fingerprint density at radius 3 is 1.13 bits per heavy atom. The maximum atomic E-state index is 13.2. The third-order valence-electron chi connectivity index (χ3n) is 14.8. The highest BCUT2D eigenvalue weighted by Crippen LogP contribution is 2.27. The van der Waals surface area contributed by atoms with Crippen molar-refractivity contribution in [1.82, 2.24) is 0 Å². The van der Waals surface area contributed by atoms with Gasteiger partial charge in [-0.2, -0.15) is 0 Å². The SMILES string of the molecule is CC/C=C\C/C=C\C/C=C\CCCCCCCCCC(=O)OC1C(OCC(COC(=O)CCCCCCCC/C=C\C/C=C\C/C=C\CCCCC)OC(=O)CCCCCCCC/C=C\C/C=C\C/C=C\CCCCC)OC(C(=O)O)C(O)C1O. The zero-order valence-corrected chi connectivity index (χ0v) is 53.6. The van der Waals surface area contributed by atoms with Crippen LogP contribution in [-0.4, -0.2) is 89.2 Å². The van der Waals surface area contributed by atoms with E-state index in [1.807, 2.05) is 0 Å². The number of rotatable bonds is 57. The molecule has 85 heavy (non-hydrogen) atoms. The highest BCUT2D eigenvalue weighted by Gasteiger charge is 2.50. The van der Waals surface area contributed by atoms with Crippen LogP contribution < -0.4 is 0 Å². The normalized spacial score (nSPS) is 18.2.